The summed E-state index contributed by atoms with van der Waals surface area (Å²) in [7, 11) is 0. The van der Waals surface area contributed by atoms with E-state index in [1.54, 1.807) is 0 Å². The molecule has 0 atom stereocenters. The number of aromatic nitrogens is 2. The highest BCUT2D eigenvalue weighted by Crippen LogP contribution is 2.30. The largest absolute Gasteiger partial charge is 0.147 e. The molecular weight excluding hydrogens is 319 g/mol. The maximum Gasteiger partial charge on any atom is 0.147 e. The average molecular weight is 324 g/mol. The van der Waals surface area contributed by atoms with Gasteiger partial charge in [0.05, 0.1) is 10.9 Å². The Morgan fingerprint density at radius 2 is 2.13 bits per heavy atom. The van der Waals surface area contributed by atoms with E-state index in [0.29, 0.717) is 10.9 Å². The first-order valence-corrected chi connectivity index (χ1v) is 6.56. The van der Waals surface area contributed by atoms with Crippen LogP contribution in [0.3, 0.4) is 0 Å². The van der Waals surface area contributed by atoms with E-state index in [4.69, 9.17) is 23.2 Å². The number of rotatable bonds is 2. The minimum atomic E-state index is 0.391. The number of hydrogen-bond acceptors (Lipinski definition) is 3. The summed E-state index contributed by atoms with van der Waals surface area (Å²) < 4.78 is 0.870. The predicted molar refractivity (Wildman–Crippen MR) is 67.6 cm³/mol. The molecule has 0 fully saturated rings. The summed E-state index contributed by atoms with van der Waals surface area (Å²) >= 11 is 16.5. The molecule has 0 spiro atoms. The highest BCUT2D eigenvalue weighted by molar-refractivity contribution is 9.10. The summed E-state index contributed by atoms with van der Waals surface area (Å²) in [6.45, 7) is 0. The maximum absolute atomic E-state index is 5.99. The quantitative estimate of drug-likeness (QED) is 0.767. The van der Waals surface area contributed by atoms with Gasteiger partial charge < -0.3 is 0 Å². The van der Waals surface area contributed by atoms with E-state index in [-0.39, 0.29) is 0 Å². The second-order valence-corrected chi connectivity index (χ2v) is 5.35. The summed E-state index contributed by atoms with van der Waals surface area (Å²) in [6, 6.07) is 5.68. The Balaban J connectivity index is 2.40. The number of benzene rings is 1. The van der Waals surface area contributed by atoms with Crippen molar-refractivity contribution in [2.24, 2.45) is 0 Å². The molecular formula is C9H5BrCl2N2S. The van der Waals surface area contributed by atoms with Crippen LogP contribution in [0, 0.1) is 0 Å². The molecule has 0 amide bonds. The topological polar surface area (TPSA) is 25.8 Å². The zero-order valence-electron chi connectivity index (χ0n) is 7.38. The van der Waals surface area contributed by atoms with Crippen LogP contribution in [-0.2, 0) is 5.88 Å². The number of nitrogens with zero attached hydrogens (tertiary/aromatic N) is 2. The molecule has 0 aliphatic carbocycles. The van der Waals surface area contributed by atoms with Crippen LogP contribution in [0.1, 0.15) is 5.01 Å². The molecule has 1 heterocycles. The van der Waals surface area contributed by atoms with Crippen molar-refractivity contribution in [1.82, 2.24) is 10.2 Å². The molecule has 0 saturated carbocycles. The summed E-state index contributed by atoms with van der Waals surface area (Å²) in [5.74, 6) is 0.391. The molecule has 2 rings (SSSR count). The summed E-state index contributed by atoms with van der Waals surface area (Å²) in [4.78, 5) is 0. The van der Waals surface area contributed by atoms with E-state index in [1.165, 1.54) is 11.3 Å². The van der Waals surface area contributed by atoms with Crippen molar-refractivity contribution in [2.45, 2.75) is 5.88 Å². The predicted octanol–water partition coefficient (Wildman–Crippen LogP) is 4.36. The van der Waals surface area contributed by atoms with Crippen molar-refractivity contribution in [3.05, 3.63) is 32.7 Å². The fraction of sp³-hybridized carbons (Fsp3) is 0.111. The van der Waals surface area contributed by atoms with Gasteiger partial charge in [-0.05, 0) is 28.1 Å². The number of alkyl halides is 1. The summed E-state index contributed by atoms with van der Waals surface area (Å²) in [5.41, 5.74) is 0.956. The molecule has 1 aromatic carbocycles. The molecule has 0 bridgehead atoms. The van der Waals surface area contributed by atoms with Gasteiger partial charge in [0.15, 0.2) is 0 Å². The van der Waals surface area contributed by atoms with Gasteiger partial charge in [0.2, 0.25) is 0 Å². The fourth-order valence-corrected chi connectivity index (χ4v) is 2.38. The van der Waals surface area contributed by atoms with Gasteiger partial charge in [-0.1, -0.05) is 29.0 Å². The molecule has 0 aliphatic rings. The third-order valence-corrected chi connectivity index (χ3v) is 4.36. The van der Waals surface area contributed by atoms with Crippen molar-refractivity contribution >= 4 is 50.5 Å². The Morgan fingerprint density at radius 3 is 2.73 bits per heavy atom. The van der Waals surface area contributed by atoms with Crippen molar-refractivity contribution in [3.63, 3.8) is 0 Å². The number of hydrogen-bond donors (Lipinski definition) is 0. The molecule has 2 aromatic rings. The van der Waals surface area contributed by atoms with Crippen LogP contribution in [0.15, 0.2) is 22.7 Å². The molecule has 0 N–H and O–H groups in total. The summed E-state index contributed by atoms with van der Waals surface area (Å²) in [5, 5.41) is 10.3. The first kappa shape index (κ1) is 11.3. The zero-order valence-corrected chi connectivity index (χ0v) is 11.3. The van der Waals surface area contributed by atoms with Crippen molar-refractivity contribution in [2.75, 3.05) is 0 Å². The van der Waals surface area contributed by atoms with Gasteiger partial charge in [-0.25, -0.2) is 0 Å². The van der Waals surface area contributed by atoms with Crippen LogP contribution < -0.4 is 0 Å². The monoisotopic (exact) mass is 322 g/mol. The van der Waals surface area contributed by atoms with Crippen LogP contribution >= 0.6 is 50.5 Å². The first-order chi connectivity index (χ1) is 7.20. The molecule has 1 aromatic heterocycles. The lowest BCUT2D eigenvalue weighted by Crippen LogP contribution is -1.78. The van der Waals surface area contributed by atoms with Crippen molar-refractivity contribution < 1.29 is 0 Å². The van der Waals surface area contributed by atoms with Crippen molar-refractivity contribution in [1.29, 1.82) is 0 Å². The van der Waals surface area contributed by atoms with E-state index in [0.717, 1.165) is 20.1 Å². The van der Waals surface area contributed by atoms with Gasteiger partial charge in [-0.2, -0.15) is 0 Å². The smallest absolute Gasteiger partial charge is 0.142 e. The minimum absolute atomic E-state index is 0.391. The molecule has 0 saturated heterocycles. The van der Waals surface area contributed by atoms with Crippen LogP contribution in [-0.4, -0.2) is 10.2 Å². The Bertz CT molecular complexity index is 487. The molecule has 0 radical (unpaired) electrons. The van der Waals surface area contributed by atoms with Crippen LogP contribution in [0.25, 0.3) is 10.6 Å². The third kappa shape index (κ3) is 2.50. The SMILES string of the molecule is ClCc1nnc(-c2ccc(Br)c(Cl)c2)s1. The second-order valence-electron chi connectivity index (χ2n) is 2.76. The minimum Gasteiger partial charge on any atom is -0.142 e. The fourth-order valence-electron chi connectivity index (χ4n) is 1.05. The van der Waals surface area contributed by atoms with E-state index in [2.05, 4.69) is 26.1 Å². The van der Waals surface area contributed by atoms with Gasteiger partial charge in [-0.15, -0.1) is 21.8 Å². The Labute approximate surface area is 109 Å². The van der Waals surface area contributed by atoms with Crippen LogP contribution in [0.4, 0.5) is 0 Å². The normalized spacial score (nSPS) is 10.6. The average Bonchev–Trinajstić information content (AvgIpc) is 2.70. The second kappa shape index (κ2) is 4.78. The van der Waals surface area contributed by atoms with Crippen molar-refractivity contribution in [3.8, 4) is 10.6 Å². The van der Waals surface area contributed by atoms with Crippen LogP contribution in [0.2, 0.25) is 5.02 Å². The van der Waals surface area contributed by atoms with E-state index >= 15 is 0 Å². The maximum atomic E-state index is 5.99. The molecule has 15 heavy (non-hydrogen) atoms. The van der Waals surface area contributed by atoms with E-state index in [9.17, 15) is 0 Å². The van der Waals surface area contributed by atoms with E-state index in [1.807, 2.05) is 18.2 Å². The van der Waals surface area contributed by atoms with Gasteiger partial charge in [-0.3, -0.25) is 0 Å². The van der Waals surface area contributed by atoms with Gasteiger partial charge in [0.25, 0.3) is 0 Å². The highest BCUT2D eigenvalue weighted by atomic mass is 79.9. The molecule has 78 valence electrons. The zero-order chi connectivity index (χ0) is 10.8. The third-order valence-electron chi connectivity index (χ3n) is 1.75. The lowest BCUT2D eigenvalue weighted by Gasteiger charge is -1.98. The molecule has 6 heteroatoms. The Morgan fingerprint density at radius 1 is 1.33 bits per heavy atom. The van der Waals surface area contributed by atoms with E-state index < -0.39 is 0 Å². The molecule has 0 unspecified atom stereocenters. The highest BCUT2D eigenvalue weighted by Gasteiger charge is 2.07. The van der Waals surface area contributed by atoms with Gasteiger partial charge >= 0.3 is 0 Å². The van der Waals surface area contributed by atoms with Crippen LogP contribution in [0.5, 0.6) is 0 Å². The lowest BCUT2D eigenvalue weighted by molar-refractivity contribution is 1.04. The van der Waals surface area contributed by atoms with Gasteiger partial charge in [0.1, 0.15) is 10.0 Å². The number of halogens is 3. The lowest BCUT2D eigenvalue weighted by atomic mass is 10.2. The summed E-state index contributed by atoms with van der Waals surface area (Å²) in [6.07, 6.45) is 0. The molecule has 2 nitrogen and oxygen atoms in total. The standard InChI is InChI=1S/C9H5BrCl2N2S/c10-6-2-1-5(3-7(6)12)9-14-13-8(4-11)15-9/h1-3H,4H2. The molecule has 0 aliphatic heterocycles. The Kier molecular flexibility index (Phi) is 3.61. The van der Waals surface area contributed by atoms with Gasteiger partial charge in [0, 0.05) is 10.0 Å². The first-order valence-electron chi connectivity index (χ1n) is 4.04. The Hall–Kier alpha value is -0.160.